The molecule has 0 fully saturated rings. The molecule has 0 aliphatic heterocycles. The van der Waals surface area contributed by atoms with Crippen LogP contribution in [0.4, 0.5) is 13.2 Å². The van der Waals surface area contributed by atoms with Crippen molar-refractivity contribution in [2.24, 2.45) is 0 Å². The summed E-state index contributed by atoms with van der Waals surface area (Å²) in [6.07, 6.45) is -0.877. The Morgan fingerprint density at radius 2 is 1.62 bits per heavy atom. The van der Waals surface area contributed by atoms with Gasteiger partial charge in [0.15, 0.2) is 0 Å². The number of halogens is 3. The summed E-state index contributed by atoms with van der Waals surface area (Å²) in [6, 6.07) is 10.7. The predicted molar refractivity (Wildman–Crippen MR) is 83.4 cm³/mol. The summed E-state index contributed by atoms with van der Waals surface area (Å²) in [4.78, 5) is 10.6. The fourth-order valence-electron chi connectivity index (χ4n) is 2.11. The van der Waals surface area contributed by atoms with Gasteiger partial charge in [0, 0.05) is 11.6 Å². The number of para-hydroxylation sites is 1. The number of aromatic hydroxyl groups is 1. The van der Waals surface area contributed by atoms with E-state index in [1.165, 1.54) is 30.4 Å². The zero-order valence-corrected chi connectivity index (χ0v) is 12.3. The minimum absolute atomic E-state index is 0.0626. The highest BCUT2D eigenvalue weighted by Crippen LogP contribution is 2.33. The van der Waals surface area contributed by atoms with Gasteiger partial charge in [0.25, 0.3) is 0 Å². The zero-order chi connectivity index (χ0) is 17.7. The number of rotatable bonds is 4. The van der Waals surface area contributed by atoms with Gasteiger partial charge in [0.2, 0.25) is 0 Å². The molecule has 0 saturated carbocycles. The van der Waals surface area contributed by atoms with Crippen LogP contribution in [0.1, 0.15) is 16.7 Å². The van der Waals surface area contributed by atoms with E-state index < -0.39 is 17.7 Å². The highest BCUT2D eigenvalue weighted by Gasteiger charge is 2.30. The largest absolute Gasteiger partial charge is 0.507 e. The topological polar surface area (TPSA) is 57.5 Å². The molecule has 2 rings (SSSR count). The number of aliphatic carboxylic acids is 1. The van der Waals surface area contributed by atoms with Crippen LogP contribution in [0.25, 0.3) is 5.57 Å². The van der Waals surface area contributed by atoms with Gasteiger partial charge in [0.05, 0.1) is 5.56 Å². The van der Waals surface area contributed by atoms with E-state index in [9.17, 15) is 23.1 Å². The van der Waals surface area contributed by atoms with E-state index in [0.29, 0.717) is 16.7 Å². The van der Waals surface area contributed by atoms with Crippen LogP contribution in [0.15, 0.2) is 66.8 Å². The molecule has 3 nitrogen and oxygen atoms in total. The van der Waals surface area contributed by atoms with Crippen LogP contribution in [-0.2, 0) is 11.0 Å². The van der Waals surface area contributed by atoms with E-state index in [1.54, 1.807) is 18.2 Å². The molecule has 0 bridgehead atoms. The molecule has 0 amide bonds. The highest BCUT2D eigenvalue weighted by molar-refractivity contribution is 5.85. The fraction of sp³-hybridized carbons (Fsp3) is 0.0556. The number of benzene rings is 2. The molecule has 0 spiro atoms. The first kappa shape index (κ1) is 17.3. The van der Waals surface area contributed by atoms with Crippen molar-refractivity contribution in [2.45, 2.75) is 6.18 Å². The Hall–Kier alpha value is -3.02. The van der Waals surface area contributed by atoms with E-state index in [0.717, 1.165) is 18.2 Å². The van der Waals surface area contributed by atoms with Crippen molar-refractivity contribution >= 4 is 11.5 Å². The summed E-state index contributed by atoms with van der Waals surface area (Å²) in [6.45, 7) is 0. The van der Waals surface area contributed by atoms with Crippen LogP contribution in [-0.4, -0.2) is 16.2 Å². The number of carbonyl (C=O) groups is 1. The van der Waals surface area contributed by atoms with E-state index in [1.807, 2.05) is 0 Å². The van der Waals surface area contributed by atoms with Crippen LogP contribution in [0.3, 0.4) is 0 Å². The van der Waals surface area contributed by atoms with E-state index >= 15 is 0 Å². The molecule has 0 aliphatic rings. The maximum absolute atomic E-state index is 12.7. The van der Waals surface area contributed by atoms with Crippen LogP contribution in [0, 0.1) is 0 Å². The standard InChI is InChI=1S/C18H13F3O3/c19-18(20,21)13-10-8-12(9-11-13)14(5-3-7-17(23)24)15-4-1-2-6-16(15)22/h1-11,22H,(H,23,24). The van der Waals surface area contributed by atoms with Crippen molar-refractivity contribution in [2.75, 3.05) is 0 Å². The van der Waals surface area contributed by atoms with Gasteiger partial charge in [0.1, 0.15) is 5.75 Å². The lowest BCUT2D eigenvalue weighted by molar-refractivity contribution is -0.137. The first-order valence-corrected chi connectivity index (χ1v) is 6.86. The van der Waals surface area contributed by atoms with Gasteiger partial charge in [-0.05, 0) is 29.3 Å². The third-order valence-corrected chi connectivity index (χ3v) is 3.22. The van der Waals surface area contributed by atoms with Gasteiger partial charge in [-0.3, -0.25) is 0 Å². The lowest BCUT2D eigenvalue weighted by Gasteiger charge is -2.12. The third kappa shape index (κ3) is 4.25. The van der Waals surface area contributed by atoms with Gasteiger partial charge < -0.3 is 10.2 Å². The molecule has 0 atom stereocenters. The van der Waals surface area contributed by atoms with Crippen molar-refractivity contribution < 1.29 is 28.2 Å². The number of hydrogen-bond acceptors (Lipinski definition) is 2. The number of phenolic OH excluding ortho intramolecular Hbond substituents is 1. The molecule has 6 heteroatoms. The first-order valence-electron chi connectivity index (χ1n) is 6.86. The predicted octanol–water partition coefficient (Wildman–Crippen LogP) is 4.48. The summed E-state index contributed by atoms with van der Waals surface area (Å²) >= 11 is 0. The monoisotopic (exact) mass is 334 g/mol. The number of carboxylic acid groups (broad SMARTS) is 1. The number of hydrogen-bond donors (Lipinski definition) is 2. The lowest BCUT2D eigenvalue weighted by Crippen LogP contribution is -2.04. The quantitative estimate of drug-likeness (QED) is 0.640. The maximum atomic E-state index is 12.7. The summed E-state index contributed by atoms with van der Waals surface area (Å²) in [5, 5.41) is 18.6. The Bertz CT molecular complexity index is 788. The minimum Gasteiger partial charge on any atom is -0.507 e. The number of carboxylic acids is 1. The summed E-state index contributed by atoms with van der Waals surface area (Å²) in [5.74, 6) is -1.22. The van der Waals surface area contributed by atoms with Crippen LogP contribution in [0.2, 0.25) is 0 Å². The smallest absolute Gasteiger partial charge is 0.416 e. The molecule has 0 heterocycles. The number of phenols is 1. The number of allylic oxidation sites excluding steroid dienone is 2. The molecule has 2 aromatic carbocycles. The molecule has 0 unspecified atom stereocenters. The Balaban J connectivity index is 2.51. The van der Waals surface area contributed by atoms with Gasteiger partial charge in [-0.2, -0.15) is 13.2 Å². The summed E-state index contributed by atoms with van der Waals surface area (Å²) in [5.41, 5.74) is 0.412. The first-order chi connectivity index (χ1) is 11.3. The average Bonchev–Trinajstić information content (AvgIpc) is 2.52. The van der Waals surface area contributed by atoms with Crippen molar-refractivity contribution in [3.63, 3.8) is 0 Å². The van der Waals surface area contributed by atoms with Crippen molar-refractivity contribution in [3.05, 3.63) is 83.4 Å². The van der Waals surface area contributed by atoms with Gasteiger partial charge in [-0.1, -0.05) is 42.5 Å². The molecule has 0 aliphatic carbocycles. The molecule has 0 aromatic heterocycles. The third-order valence-electron chi connectivity index (χ3n) is 3.22. The van der Waals surface area contributed by atoms with Crippen LogP contribution < -0.4 is 0 Å². The Labute approximate surface area is 136 Å². The Morgan fingerprint density at radius 1 is 1.00 bits per heavy atom. The zero-order valence-electron chi connectivity index (χ0n) is 12.3. The highest BCUT2D eigenvalue weighted by atomic mass is 19.4. The summed E-state index contributed by atoms with van der Waals surface area (Å²) in [7, 11) is 0. The Kier molecular flexibility index (Phi) is 5.08. The fourth-order valence-corrected chi connectivity index (χ4v) is 2.11. The lowest BCUT2D eigenvalue weighted by atomic mass is 9.95. The SMILES string of the molecule is O=C(O)C=CC=C(c1ccc(C(F)(F)F)cc1)c1ccccc1O. The maximum Gasteiger partial charge on any atom is 0.416 e. The van der Waals surface area contributed by atoms with Crippen molar-refractivity contribution in [3.8, 4) is 5.75 Å². The van der Waals surface area contributed by atoms with Gasteiger partial charge in [-0.15, -0.1) is 0 Å². The molecule has 124 valence electrons. The molecule has 0 saturated heterocycles. The average molecular weight is 334 g/mol. The van der Waals surface area contributed by atoms with E-state index in [-0.39, 0.29) is 5.75 Å². The van der Waals surface area contributed by atoms with E-state index in [4.69, 9.17) is 5.11 Å². The van der Waals surface area contributed by atoms with Gasteiger partial charge >= 0.3 is 12.1 Å². The second-order valence-corrected chi connectivity index (χ2v) is 4.87. The number of alkyl halides is 3. The van der Waals surface area contributed by atoms with E-state index in [2.05, 4.69) is 0 Å². The molecule has 0 radical (unpaired) electrons. The van der Waals surface area contributed by atoms with Crippen LogP contribution >= 0.6 is 0 Å². The van der Waals surface area contributed by atoms with Crippen LogP contribution in [0.5, 0.6) is 5.75 Å². The normalized spacial score (nSPS) is 12.5. The minimum atomic E-state index is -4.44. The molecular formula is C18H13F3O3. The molecular weight excluding hydrogens is 321 g/mol. The molecule has 24 heavy (non-hydrogen) atoms. The Morgan fingerprint density at radius 3 is 2.17 bits per heavy atom. The molecule has 2 aromatic rings. The van der Waals surface area contributed by atoms with Crippen molar-refractivity contribution in [1.82, 2.24) is 0 Å². The molecule has 2 N–H and O–H groups in total. The summed E-state index contributed by atoms with van der Waals surface area (Å²) < 4.78 is 38.0. The van der Waals surface area contributed by atoms with Gasteiger partial charge in [-0.25, -0.2) is 4.79 Å². The van der Waals surface area contributed by atoms with Crippen molar-refractivity contribution in [1.29, 1.82) is 0 Å². The second kappa shape index (κ2) is 7.04. The second-order valence-electron chi connectivity index (χ2n) is 4.87.